The summed E-state index contributed by atoms with van der Waals surface area (Å²) in [5.74, 6) is -0.212. The maximum Gasteiger partial charge on any atom is 0.310 e. The van der Waals surface area contributed by atoms with Crippen LogP contribution in [0.1, 0.15) is 48.0 Å². The number of rotatable bonds is 5. The Kier molecular flexibility index (Phi) is 5.88. The Balaban J connectivity index is 3.90. The summed E-state index contributed by atoms with van der Waals surface area (Å²) in [5.41, 5.74) is -0.387. The summed E-state index contributed by atoms with van der Waals surface area (Å²) < 4.78 is 5.29. The summed E-state index contributed by atoms with van der Waals surface area (Å²) in [6.07, 6.45) is 1.07. The maximum absolute atomic E-state index is 11.6. The molecule has 0 fully saturated rings. The molecule has 1 N–H and O–H groups in total. The van der Waals surface area contributed by atoms with E-state index in [2.05, 4.69) is 19.2 Å². The first-order valence-electron chi connectivity index (χ1n) is 5.72. The van der Waals surface area contributed by atoms with E-state index in [1.807, 2.05) is 27.7 Å². The zero-order chi connectivity index (χ0) is 12.1. The van der Waals surface area contributed by atoms with Crippen molar-refractivity contribution in [2.24, 2.45) is 5.92 Å². The van der Waals surface area contributed by atoms with E-state index in [1.54, 1.807) is 0 Å². The summed E-state index contributed by atoms with van der Waals surface area (Å²) in [7, 11) is 0. The molecule has 0 rings (SSSR count). The molecule has 0 bridgehead atoms. The van der Waals surface area contributed by atoms with E-state index in [-0.39, 0.29) is 17.5 Å². The van der Waals surface area contributed by atoms with Crippen LogP contribution in [-0.2, 0) is 9.53 Å². The number of nitrogens with one attached hydrogen (secondary N) is 1. The van der Waals surface area contributed by atoms with E-state index in [4.69, 9.17) is 4.74 Å². The summed E-state index contributed by atoms with van der Waals surface area (Å²) in [6.45, 7) is 12.5. The van der Waals surface area contributed by atoms with Gasteiger partial charge in [0.25, 0.3) is 0 Å². The average Bonchev–Trinajstić information content (AvgIpc) is 2.10. The fraction of sp³-hybridized carbons (Fsp3) is 0.917. The Morgan fingerprint density at radius 2 is 1.87 bits per heavy atom. The number of carbonyl (C=O) groups excluding carboxylic acids is 1. The Hall–Kier alpha value is -0.570. The van der Waals surface area contributed by atoms with Crippen LogP contribution in [0.3, 0.4) is 0 Å². The molecular weight excluding hydrogens is 190 g/mol. The second-order valence-electron chi connectivity index (χ2n) is 5.15. The van der Waals surface area contributed by atoms with E-state index in [0.29, 0.717) is 12.6 Å². The first-order valence-corrected chi connectivity index (χ1v) is 5.72. The Morgan fingerprint density at radius 3 is 2.27 bits per heavy atom. The summed E-state index contributed by atoms with van der Waals surface area (Å²) in [4.78, 5) is 11.6. The molecule has 0 aromatic heterocycles. The Labute approximate surface area is 93.6 Å². The van der Waals surface area contributed by atoms with Gasteiger partial charge in [0.2, 0.25) is 0 Å². The lowest BCUT2D eigenvalue weighted by atomic mass is 10.1. The highest BCUT2D eigenvalue weighted by molar-refractivity contribution is 5.72. The van der Waals surface area contributed by atoms with Gasteiger partial charge in [-0.3, -0.25) is 4.79 Å². The summed E-state index contributed by atoms with van der Waals surface area (Å²) in [6, 6.07) is 0.454. The molecule has 0 aromatic rings. The summed E-state index contributed by atoms with van der Waals surface area (Å²) in [5, 5.41) is 3.30. The molecule has 0 saturated heterocycles. The molecule has 0 aliphatic heterocycles. The second kappa shape index (κ2) is 6.11. The van der Waals surface area contributed by atoms with Crippen molar-refractivity contribution >= 4 is 5.97 Å². The van der Waals surface area contributed by atoms with Gasteiger partial charge < -0.3 is 10.1 Å². The van der Waals surface area contributed by atoms with Gasteiger partial charge in [-0.15, -0.1) is 0 Å². The van der Waals surface area contributed by atoms with Gasteiger partial charge in [0, 0.05) is 12.6 Å². The van der Waals surface area contributed by atoms with Gasteiger partial charge in [0.05, 0.1) is 5.92 Å². The SMILES string of the molecule is CC[C@H](C)NC[C@@H](C)C(=O)OC(C)(C)C. The van der Waals surface area contributed by atoms with E-state index in [9.17, 15) is 4.79 Å². The van der Waals surface area contributed by atoms with Crippen LogP contribution in [0.15, 0.2) is 0 Å². The van der Waals surface area contributed by atoms with Gasteiger partial charge in [-0.25, -0.2) is 0 Å². The molecule has 0 amide bonds. The van der Waals surface area contributed by atoms with Gasteiger partial charge >= 0.3 is 5.97 Å². The van der Waals surface area contributed by atoms with Crippen molar-refractivity contribution in [3.63, 3.8) is 0 Å². The normalized spacial score (nSPS) is 15.9. The van der Waals surface area contributed by atoms with E-state index >= 15 is 0 Å². The average molecular weight is 215 g/mol. The fourth-order valence-corrected chi connectivity index (χ4v) is 1.01. The molecule has 0 aliphatic carbocycles. The molecule has 0 unspecified atom stereocenters. The van der Waals surface area contributed by atoms with Crippen LogP contribution >= 0.6 is 0 Å². The van der Waals surface area contributed by atoms with Crippen molar-refractivity contribution in [1.29, 1.82) is 0 Å². The lowest BCUT2D eigenvalue weighted by Crippen LogP contribution is -2.36. The predicted octanol–water partition coefficient (Wildman–Crippen LogP) is 2.35. The molecular formula is C12H25NO2. The molecule has 0 saturated carbocycles. The molecule has 0 aromatic carbocycles. The van der Waals surface area contributed by atoms with Crippen LogP contribution in [-0.4, -0.2) is 24.2 Å². The fourth-order valence-electron chi connectivity index (χ4n) is 1.01. The largest absolute Gasteiger partial charge is 0.460 e. The van der Waals surface area contributed by atoms with Gasteiger partial charge in [-0.2, -0.15) is 0 Å². The lowest BCUT2D eigenvalue weighted by molar-refractivity contribution is -0.159. The number of carbonyl (C=O) groups is 1. The number of hydrogen-bond acceptors (Lipinski definition) is 3. The standard InChI is InChI=1S/C12H25NO2/c1-7-10(3)13-8-9(2)11(14)15-12(4,5)6/h9-10,13H,7-8H2,1-6H3/t9-,10+/m1/s1. The quantitative estimate of drug-likeness (QED) is 0.715. The van der Waals surface area contributed by atoms with Crippen molar-refractivity contribution in [3.8, 4) is 0 Å². The number of hydrogen-bond donors (Lipinski definition) is 1. The minimum absolute atomic E-state index is 0.0850. The van der Waals surface area contributed by atoms with Gasteiger partial charge in [-0.05, 0) is 34.1 Å². The van der Waals surface area contributed by atoms with Crippen molar-refractivity contribution in [1.82, 2.24) is 5.32 Å². The van der Waals surface area contributed by atoms with Gasteiger partial charge in [0.15, 0.2) is 0 Å². The third-order valence-electron chi connectivity index (χ3n) is 2.19. The van der Waals surface area contributed by atoms with Crippen LogP contribution in [0.2, 0.25) is 0 Å². The van der Waals surface area contributed by atoms with E-state index < -0.39 is 0 Å². The molecule has 0 radical (unpaired) electrons. The molecule has 90 valence electrons. The lowest BCUT2D eigenvalue weighted by Gasteiger charge is -2.23. The second-order valence-corrected chi connectivity index (χ2v) is 5.15. The first-order chi connectivity index (χ1) is 6.76. The topological polar surface area (TPSA) is 38.3 Å². The number of ether oxygens (including phenoxy) is 1. The molecule has 0 heterocycles. The Bertz CT molecular complexity index is 196. The van der Waals surface area contributed by atoms with Crippen molar-refractivity contribution in [3.05, 3.63) is 0 Å². The van der Waals surface area contributed by atoms with E-state index in [0.717, 1.165) is 6.42 Å². The van der Waals surface area contributed by atoms with Gasteiger partial charge in [0.1, 0.15) is 5.60 Å². The smallest absolute Gasteiger partial charge is 0.310 e. The first kappa shape index (κ1) is 14.4. The van der Waals surface area contributed by atoms with Crippen molar-refractivity contribution in [2.45, 2.75) is 59.6 Å². The monoisotopic (exact) mass is 215 g/mol. The zero-order valence-corrected chi connectivity index (χ0v) is 10.9. The van der Waals surface area contributed by atoms with Crippen LogP contribution < -0.4 is 5.32 Å². The van der Waals surface area contributed by atoms with Gasteiger partial charge in [-0.1, -0.05) is 13.8 Å². The molecule has 3 heteroatoms. The molecule has 0 aliphatic rings. The molecule has 0 spiro atoms. The predicted molar refractivity (Wildman–Crippen MR) is 62.8 cm³/mol. The highest BCUT2D eigenvalue weighted by Gasteiger charge is 2.21. The Morgan fingerprint density at radius 1 is 1.33 bits per heavy atom. The third kappa shape index (κ3) is 7.37. The molecule has 15 heavy (non-hydrogen) atoms. The highest BCUT2D eigenvalue weighted by atomic mass is 16.6. The molecule has 3 nitrogen and oxygen atoms in total. The van der Waals surface area contributed by atoms with E-state index in [1.165, 1.54) is 0 Å². The zero-order valence-electron chi connectivity index (χ0n) is 10.9. The maximum atomic E-state index is 11.6. The highest BCUT2D eigenvalue weighted by Crippen LogP contribution is 2.10. The summed E-state index contributed by atoms with van der Waals surface area (Å²) >= 11 is 0. The minimum Gasteiger partial charge on any atom is -0.460 e. The van der Waals surface area contributed by atoms with Crippen LogP contribution in [0.5, 0.6) is 0 Å². The minimum atomic E-state index is -0.387. The number of esters is 1. The van der Waals surface area contributed by atoms with Crippen LogP contribution in [0.4, 0.5) is 0 Å². The van der Waals surface area contributed by atoms with Crippen molar-refractivity contribution in [2.75, 3.05) is 6.54 Å². The van der Waals surface area contributed by atoms with Crippen molar-refractivity contribution < 1.29 is 9.53 Å². The van der Waals surface area contributed by atoms with Crippen LogP contribution in [0, 0.1) is 5.92 Å². The van der Waals surface area contributed by atoms with Crippen LogP contribution in [0.25, 0.3) is 0 Å². The third-order valence-corrected chi connectivity index (χ3v) is 2.19. The molecule has 2 atom stereocenters.